The van der Waals surface area contributed by atoms with Crippen LogP contribution in [0.3, 0.4) is 0 Å². The lowest BCUT2D eigenvalue weighted by Gasteiger charge is -2.42. The molecular formula is C38H56ClN3O11Si. The Morgan fingerprint density at radius 1 is 1.24 bits per heavy atom. The van der Waals surface area contributed by atoms with Gasteiger partial charge in [0.2, 0.25) is 11.8 Å². The van der Waals surface area contributed by atoms with Crippen LogP contribution >= 0.6 is 11.6 Å². The monoisotopic (exact) mass is 793 g/mol. The van der Waals surface area contributed by atoms with Crippen LogP contribution in [0, 0.1) is 5.92 Å². The predicted octanol–water partition coefficient (Wildman–Crippen LogP) is 4.49. The summed E-state index contributed by atoms with van der Waals surface area (Å²) < 4.78 is 29.2. The van der Waals surface area contributed by atoms with Crippen molar-refractivity contribution in [3.05, 3.63) is 46.5 Å². The van der Waals surface area contributed by atoms with E-state index in [0.29, 0.717) is 30.3 Å². The molecule has 3 amide bonds. The number of nitrogens with zero attached hydrogens (tertiary/aromatic N) is 2. The number of likely N-dealkylation sites (N-methyl/N-ethyl adjacent to an activating group) is 1. The number of allylic oxidation sites excluding steroid dienone is 3. The number of hydrogen-bond acceptors (Lipinski definition) is 11. The number of ether oxygens (including phenoxy) is 5. The smallest absolute Gasteiger partial charge is 0.409 e. The van der Waals surface area contributed by atoms with Crippen LogP contribution in [0.2, 0.25) is 24.2 Å². The van der Waals surface area contributed by atoms with Crippen molar-refractivity contribution in [3.63, 3.8) is 0 Å². The number of halogens is 1. The molecule has 4 bridgehead atoms. The number of rotatable bonds is 9. The molecule has 300 valence electrons. The Labute approximate surface area is 323 Å². The number of carbonyl (C=O) groups excluding carboxylic acids is 4. The van der Waals surface area contributed by atoms with Crippen LogP contribution in [0.5, 0.6) is 5.75 Å². The average molecular weight is 794 g/mol. The second-order valence-corrected chi connectivity index (χ2v) is 20.1. The summed E-state index contributed by atoms with van der Waals surface area (Å²) in [6, 6.07) is 3.11. The van der Waals surface area contributed by atoms with Gasteiger partial charge >= 0.3 is 12.1 Å². The standard InChI is InChI=1S/C38H56ClN3O11Si/c1-22-13-11-14-29(50-8)38(47)21-28(51-36(46)40-38)23(2)34-37(4,53-34)30(52-35(45)24(3)41(5)31(43)15-12-16-54(9,10)48)20-32(44)42(6)26-18-25(17-22)19-27(49-7)33(26)39/h11,13-14,18-19,23-24,28-30,34,47-48H,12,15-17,20-21H2,1-10H3,(H,40,46)/b14-11+,22-13+/t23-,24+,28+,29-,30+,34+,37-,38+/m1/s1. The zero-order valence-electron chi connectivity index (χ0n) is 32.9. The average Bonchev–Trinajstić information content (AvgIpc) is 3.79. The lowest BCUT2D eigenvalue weighted by atomic mass is 9.83. The minimum atomic E-state index is -2.34. The Hall–Kier alpha value is -3.47. The zero-order valence-corrected chi connectivity index (χ0v) is 34.7. The molecule has 3 heterocycles. The summed E-state index contributed by atoms with van der Waals surface area (Å²) in [7, 11) is 3.65. The van der Waals surface area contributed by atoms with Crippen molar-refractivity contribution in [1.29, 1.82) is 0 Å². The van der Waals surface area contributed by atoms with Crippen molar-refractivity contribution in [2.45, 2.75) is 121 Å². The SMILES string of the molecule is COc1cc2cc(c1Cl)N(C)C(=O)C[C@H](OC(=O)[C@H](C)N(C)C(=O)CCC[Si](C)(C)O)[C@@]1(C)O[C@H]1[C@H](C)[C@@H]1C[C@@](O)(NC(=O)O1)[C@H](OC)/C=C/C=C(\C)C2. The normalized spacial score (nSPS) is 31.2. The van der Waals surface area contributed by atoms with E-state index in [0.717, 1.165) is 11.1 Å². The topological polar surface area (TPSA) is 177 Å². The minimum Gasteiger partial charge on any atom is -0.495 e. The number of amides is 3. The molecule has 0 saturated carbocycles. The molecule has 0 radical (unpaired) electrons. The maximum absolute atomic E-state index is 14.1. The van der Waals surface area contributed by atoms with Crippen LogP contribution < -0.4 is 15.0 Å². The van der Waals surface area contributed by atoms with Gasteiger partial charge in [0.25, 0.3) is 0 Å². The third kappa shape index (κ3) is 10.0. The zero-order chi connectivity index (χ0) is 40.3. The molecule has 0 aromatic heterocycles. The quantitative estimate of drug-likeness (QED) is 0.183. The number of esters is 1. The van der Waals surface area contributed by atoms with Crippen molar-refractivity contribution in [2.24, 2.45) is 5.92 Å². The number of carbonyl (C=O) groups is 4. The molecule has 16 heteroatoms. The number of benzene rings is 1. The van der Waals surface area contributed by atoms with Crippen LogP contribution in [0.25, 0.3) is 0 Å². The Balaban J connectivity index is 1.72. The number of fused-ring (bicyclic) bond motifs is 5. The highest BCUT2D eigenvalue weighted by Gasteiger charge is 2.64. The van der Waals surface area contributed by atoms with E-state index in [-0.39, 0.29) is 30.2 Å². The molecule has 54 heavy (non-hydrogen) atoms. The van der Waals surface area contributed by atoms with Gasteiger partial charge in [-0.1, -0.05) is 42.3 Å². The van der Waals surface area contributed by atoms with E-state index in [4.69, 9.17) is 35.3 Å². The van der Waals surface area contributed by atoms with E-state index < -0.39 is 74.0 Å². The fourth-order valence-corrected chi connectivity index (χ4v) is 8.42. The minimum absolute atomic E-state index is 0.0580. The largest absolute Gasteiger partial charge is 0.495 e. The third-order valence-corrected chi connectivity index (χ3v) is 12.7. The number of epoxide rings is 1. The van der Waals surface area contributed by atoms with E-state index in [1.54, 1.807) is 65.2 Å². The molecule has 0 unspecified atom stereocenters. The van der Waals surface area contributed by atoms with E-state index in [1.165, 1.54) is 31.1 Å². The van der Waals surface area contributed by atoms with Crippen LogP contribution in [0.1, 0.15) is 58.9 Å². The van der Waals surface area contributed by atoms with E-state index in [9.17, 15) is 29.1 Å². The Bertz CT molecular complexity index is 1650. The van der Waals surface area contributed by atoms with Gasteiger partial charge in [-0.3, -0.25) is 14.9 Å². The fraction of sp³-hybridized carbons (Fsp3) is 0.632. The van der Waals surface area contributed by atoms with Gasteiger partial charge in [-0.2, -0.15) is 0 Å². The summed E-state index contributed by atoms with van der Waals surface area (Å²) in [5, 5.41) is 14.5. The molecule has 0 spiro atoms. The van der Waals surface area contributed by atoms with Crippen LogP contribution in [-0.2, 0) is 39.8 Å². The number of anilines is 1. The summed E-state index contributed by atoms with van der Waals surface area (Å²) in [5.41, 5.74) is -0.954. The van der Waals surface area contributed by atoms with Crippen molar-refractivity contribution < 1.29 is 52.8 Å². The molecule has 1 aromatic carbocycles. The first kappa shape index (κ1) is 43.3. The second kappa shape index (κ2) is 17.1. The van der Waals surface area contributed by atoms with E-state index in [2.05, 4.69) is 5.32 Å². The summed E-state index contributed by atoms with van der Waals surface area (Å²) in [4.78, 5) is 66.7. The molecule has 3 aliphatic heterocycles. The first-order chi connectivity index (χ1) is 25.1. The number of alkyl carbamates (subject to hydrolysis) is 1. The summed E-state index contributed by atoms with van der Waals surface area (Å²) in [5.74, 6) is -1.64. The van der Waals surface area contributed by atoms with E-state index in [1.807, 2.05) is 13.0 Å². The van der Waals surface area contributed by atoms with Gasteiger partial charge in [-0.05, 0) is 70.4 Å². The van der Waals surface area contributed by atoms with Gasteiger partial charge in [0.1, 0.15) is 40.7 Å². The molecule has 3 N–H and O–H groups in total. The van der Waals surface area contributed by atoms with Gasteiger partial charge in [-0.15, -0.1) is 0 Å². The second-order valence-electron chi connectivity index (χ2n) is 15.6. The molecular weight excluding hydrogens is 738 g/mol. The molecule has 3 aliphatic rings. The Kier molecular flexibility index (Phi) is 13.7. The molecule has 1 aromatic rings. The van der Waals surface area contributed by atoms with Gasteiger partial charge in [0.15, 0.2) is 14.0 Å². The molecule has 2 fully saturated rings. The summed E-state index contributed by atoms with van der Waals surface area (Å²) in [6.07, 6.45) is 1.49. The highest BCUT2D eigenvalue weighted by molar-refractivity contribution is 6.69. The first-order valence-corrected chi connectivity index (χ1v) is 21.7. The third-order valence-electron chi connectivity index (χ3n) is 10.7. The number of hydrogen-bond donors (Lipinski definition) is 3. The van der Waals surface area contributed by atoms with Crippen molar-refractivity contribution in [1.82, 2.24) is 10.2 Å². The van der Waals surface area contributed by atoms with Crippen molar-refractivity contribution in [3.8, 4) is 5.75 Å². The van der Waals surface area contributed by atoms with Gasteiger partial charge < -0.3 is 43.4 Å². The number of aliphatic hydroxyl groups is 1. The van der Waals surface area contributed by atoms with Gasteiger partial charge in [0, 0.05) is 40.0 Å². The number of methoxy groups -OCH3 is 2. The molecule has 0 aliphatic carbocycles. The lowest BCUT2D eigenvalue weighted by molar-refractivity contribution is -0.162. The van der Waals surface area contributed by atoms with E-state index >= 15 is 0 Å². The molecule has 14 nitrogen and oxygen atoms in total. The van der Waals surface area contributed by atoms with Gasteiger partial charge in [0.05, 0.1) is 25.3 Å². The summed E-state index contributed by atoms with van der Waals surface area (Å²) >= 11 is 6.76. The highest BCUT2D eigenvalue weighted by Crippen LogP contribution is 2.49. The Morgan fingerprint density at radius 2 is 1.93 bits per heavy atom. The van der Waals surface area contributed by atoms with Crippen LogP contribution in [0.15, 0.2) is 35.9 Å². The maximum Gasteiger partial charge on any atom is 0.409 e. The number of nitrogens with one attached hydrogen (secondary N) is 1. The first-order valence-electron chi connectivity index (χ1n) is 18.2. The lowest BCUT2D eigenvalue weighted by Crippen LogP contribution is -2.63. The highest BCUT2D eigenvalue weighted by atomic mass is 35.5. The van der Waals surface area contributed by atoms with Crippen LogP contribution in [0.4, 0.5) is 10.5 Å². The maximum atomic E-state index is 14.1. The predicted molar refractivity (Wildman–Crippen MR) is 205 cm³/mol. The fourth-order valence-electron chi connectivity index (χ4n) is 7.07. The van der Waals surface area contributed by atoms with Crippen molar-refractivity contribution >= 4 is 49.5 Å². The van der Waals surface area contributed by atoms with Crippen LogP contribution in [-0.4, -0.2) is 117 Å². The molecule has 4 rings (SSSR count). The molecule has 2 saturated heterocycles. The van der Waals surface area contributed by atoms with Crippen molar-refractivity contribution in [2.75, 3.05) is 33.2 Å². The summed E-state index contributed by atoms with van der Waals surface area (Å²) in [6.45, 7) is 10.6. The molecule has 8 atom stereocenters. The Morgan fingerprint density at radius 3 is 2.56 bits per heavy atom. The van der Waals surface area contributed by atoms with Gasteiger partial charge in [-0.25, -0.2) is 9.59 Å².